The average molecular weight is 1270 g/mol. The number of anilines is 1. The van der Waals surface area contributed by atoms with E-state index < -0.39 is 72.5 Å². The lowest BCUT2D eigenvalue weighted by Gasteiger charge is -2.38. The van der Waals surface area contributed by atoms with E-state index in [9.17, 15) is 58.2 Å². The number of nitrogens with one attached hydrogen (secondary N) is 4. The Hall–Kier alpha value is -7.70. The summed E-state index contributed by atoms with van der Waals surface area (Å²) in [5.41, 5.74) is 26.1. The molecule has 2 aromatic carbocycles. The molecule has 1 aromatic heterocycles. The third-order valence-electron chi connectivity index (χ3n) is 13.8. The van der Waals surface area contributed by atoms with Gasteiger partial charge in [0.1, 0.15) is 16.7 Å². The van der Waals surface area contributed by atoms with Gasteiger partial charge >= 0.3 is 23.9 Å². The summed E-state index contributed by atoms with van der Waals surface area (Å²) < 4.78 is 0.604. The maximum atomic E-state index is 13.9. The van der Waals surface area contributed by atoms with Crippen LogP contribution >= 0.6 is 28.1 Å². The number of halogens is 1. The molecule has 4 rings (SSSR count). The number of hydrogen-bond donors (Lipinski definition) is 11. The molecule has 15 N–H and O–H groups in total. The molecule has 1 fully saturated rings. The van der Waals surface area contributed by atoms with E-state index in [1.807, 2.05) is 43.9 Å². The number of nitrogens with zero attached hydrogens (tertiary/aromatic N) is 6. The van der Waals surface area contributed by atoms with Gasteiger partial charge in [0.05, 0.1) is 31.2 Å². The minimum Gasteiger partial charge on any atom is -0.481 e. The molecule has 1 unspecified atom stereocenters. The third-order valence-corrected chi connectivity index (χ3v) is 14.6. The SMILES string of the molecule is NC(=O)CN1CCN(CC(N)=O)CCN(CC(N)=O)C(Cc2ccc(NC(=S)CCCCCC(=O)NCc3ccc(C(=O)N(CCCC[C@@H](NC(=O)N[C@H](CCC(=O)O)C(=O)O)C(=O)O)Cc4ccc(Br)nc4)cc3)cc2)CN(CC(N)=O)CC1. The Bertz CT molecular complexity index is 2750. The summed E-state index contributed by atoms with van der Waals surface area (Å²) >= 11 is 8.97. The number of unbranched alkanes of at least 4 members (excludes halogenated alkanes) is 3. The summed E-state index contributed by atoms with van der Waals surface area (Å²) in [6, 6.07) is 13.7. The van der Waals surface area contributed by atoms with Gasteiger partial charge in [-0.2, -0.15) is 0 Å². The minimum atomic E-state index is -1.54. The lowest BCUT2D eigenvalue weighted by Crippen LogP contribution is -2.54. The molecule has 1 saturated heterocycles. The van der Waals surface area contributed by atoms with Gasteiger partial charge in [0.25, 0.3) is 5.91 Å². The first-order valence-electron chi connectivity index (χ1n) is 27.9. The number of aromatic nitrogens is 1. The van der Waals surface area contributed by atoms with Gasteiger partial charge in [-0.25, -0.2) is 19.4 Å². The van der Waals surface area contributed by atoms with Crippen LogP contribution in [0.1, 0.15) is 91.3 Å². The average Bonchev–Trinajstić information content (AvgIpc) is 3.65. The van der Waals surface area contributed by atoms with Crippen molar-refractivity contribution in [1.82, 2.24) is 45.4 Å². The number of carbonyl (C=O) groups is 10. The zero-order valence-corrected chi connectivity index (χ0v) is 49.9. The van der Waals surface area contributed by atoms with Crippen molar-refractivity contribution in [3.05, 3.63) is 93.7 Å². The fraction of sp³-hybridized carbons (Fsp3) is 0.500. The normalized spacial score (nSPS) is 15.4. The summed E-state index contributed by atoms with van der Waals surface area (Å²) in [6.07, 6.45) is 4.70. The summed E-state index contributed by atoms with van der Waals surface area (Å²) in [7, 11) is 0. The second kappa shape index (κ2) is 36.9. The van der Waals surface area contributed by atoms with E-state index in [4.69, 9.17) is 40.3 Å². The number of nitrogens with two attached hydrogens (primary N) is 4. The van der Waals surface area contributed by atoms with Crippen molar-refractivity contribution in [3.63, 3.8) is 0 Å². The Morgan fingerprint density at radius 3 is 1.73 bits per heavy atom. The monoisotopic (exact) mass is 1270 g/mol. The van der Waals surface area contributed by atoms with E-state index in [2.05, 4.69) is 42.2 Å². The molecule has 0 radical (unpaired) electrons. The van der Waals surface area contributed by atoms with Crippen molar-refractivity contribution < 1.29 is 63.3 Å². The van der Waals surface area contributed by atoms with Gasteiger partial charge in [0.15, 0.2) is 0 Å². The molecule has 8 amide bonds. The van der Waals surface area contributed by atoms with Gasteiger partial charge in [0, 0.05) is 102 Å². The van der Waals surface area contributed by atoms with Crippen LogP contribution in [0.15, 0.2) is 71.5 Å². The first-order chi connectivity index (χ1) is 40.4. The Morgan fingerprint density at radius 1 is 0.624 bits per heavy atom. The van der Waals surface area contributed by atoms with Crippen LogP contribution in [0.5, 0.6) is 0 Å². The maximum Gasteiger partial charge on any atom is 0.326 e. The number of carbonyl (C=O) groups excluding carboxylic acids is 7. The van der Waals surface area contributed by atoms with Crippen molar-refractivity contribution >= 4 is 98.2 Å². The molecule has 0 aliphatic carbocycles. The lowest BCUT2D eigenvalue weighted by atomic mass is 10.0. The van der Waals surface area contributed by atoms with E-state index in [0.29, 0.717) is 93.1 Å². The zero-order chi connectivity index (χ0) is 62.4. The zero-order valence-electron chi connectivity index (χ0n) is 47.5. The quantitative estimate of drug-likeness (QED) is 0.0224. The van der Waals surface area contributed by atoms with Crippen LogP contribution in [0.3, 0.4) is 0 Å². The third kappa shape index (κ3) is 28.2. The smallest absolute Gasteiger partial charge is 0.326 e. The Morgan fingerprint density at radius 2 is 1.16 bits per heavy atom. The van der Waals surface area contributed by atoms with Crippen LogP contribution in [-0.4, -0.2) is 206 Å². The highest BCUT2D eigenvalue weighted by atomic mass is 79.9. The minimum absolute atomic E-state index is 0.0206. The van der Waals surface area contributed by atoms with Crippen molar-refractivity contribution in [2.24, 2.45) is 22.9 Å². The van der Waals surface area contributed by atoms with E-state index in [1.165, 1.54) is 0 Å². The van der Waals surface area contributed by atoms with Crippen molar-refractivity contribution in [1.29, 1.82) is 0 Å². The summed E-state index contributed by atoms with van der Waals surface area (Å²) in [5, 5.41) is 38.5. The summed E-state index contributed by atoms with van der Waals surface area (Å²) in [4.78, 5) is 136. The molecule has 85 heavy (non-hydrogen) atoms. The molecule has 27 nitrogen and oxygen atoms in total. The van der Waals surface area contributed by atoms with Crippen LogP contribution in [0, 0.1) is 0 Å². The standard InChI is InChI=1S/C56H79BrN14O13S/c57-45-19-13-39(30-62-45)31-71(21-5-4-6-43(54(80)81)65-56(84)66-44(55(82)83)18-20-52(77)78)53(79)40-14-9-38(10-15-40)29-63-50(76)7-2-1-3-8-51(85)64-41-16-11-37(12-17-41)28-42-32-69(35-48(60)74)25-24-67(33-46(58)72)22-23-68(34-47(59)73)26-27-70(42)36-49(61)75/h9-17,19,30,42-44H,1-8,18,20-29,31-36H2,(H2,58,72)(H2,59,73)(H2,60,74)(H2,61,75)(H,63,76)(H,64,85)(H,77,78)(H,80,81)(H,82,83)(H2,65,66,84)/t42?,43-,44-/m1/s1. The van der Waals surface area contributed by atoms with Crippen molar-refractivity contribution in [2.45, 2.75) is 102 Å². The summed E-state index contributed by atoms with van der Waals surface area (Å²) in [6.45, 7) is 3.02. The Kier molecular flexibility index (Phi) is 30.3. The number of rotatable bonds is 34. The molecule has 3 aromatic rings. The molecule has 0 spiro atoms. The van der Waals surface area contributed by atoms with E-state index in [-0.39, 0.29) is 76.5 Å². The molecule has 1 aliphatic heterocycles. The fourth-order valence-electron chi connectivity index (χ4n) is 9.44. The maximum absolute atomic E-state index is 13.9. The molecular weight excluding hydrogens is 1190 g/mol. The highest BCUT2D eigenvalue weighted by Crippen LogP contribution is 2.19. The van der Waals surface area contributed by atoms with E-state index in [1.54, 1.807) is 47.5 Å². The van der Waals surface area contributed by atoms with Crippen LogP contribution in [0.4, 0.5) is 10.5 Å². The predicted octanol–water partition coefficient (Wildman–Crippen LogP) is 0.807. The highest BCUT2D eigenvalue weighted by Gasteiger charge is 2.28. The number of benzene rings is 2. The van der Waals surface area contributed by atoms with Gasteiger partial charge in [0.2, 0.25) is 29.5 Å². The van der Waals surface area contributed by atoms with E-state index in [0.717, 1.165) is 35.2 Å². The van der Waals surface area contributed by atoms with Gasteiger partial charge in [-0.3, -0.25) is 53.2 Å². The number of aliphatic carboxylic acids is 3. The number of amides is 8. The number of primary amides is 4. The number of thiocarbonyl (C=S) groups is 1. The first-order valence-corrected chi connectivity index (χ1v) is 29.1. The molecule has 464 valence electrons. The number of pyridine rings is 1. The molecule has 0 bridgehead atoms. The van der Waals surface area contributed by atoms with E-state index >= 15 is 0 Å². The van der Waals surface area contributed by atoms with Crippen LogP contribution in [0.25, 0.3) is 0 Å². The molecular formula is C56H79BrN14O13S. The number of hydrogen-bond acceptors (Lipinski definition) is 16. The Balaban J connectivity index is 1.25. The van der Waals surface area contributed by atoms with Crippen molar-refractivity contribution in [2.75, 3.05) is 83.9 Å². The highest BCUT2D eigenvalue weighted by molar-refractivity contribution is 9.10. The van der Waals surface area contributed by atoms with Crippen LogP contribution in [-0.2, 0) is 57.9 Å². The fourth-order valence-corrected chi connectivity index (χ4v) is 9.94. The topological polar surface area (TPSA) is 413 Å². The number of urea groups is 1. The predicted molar refractivity (Wildman–Crippen MR) is 321 cm³/mol. The molecule has 2 heterocycles. The molecule has 0 saturated carbocycles. The van der Waals surface area contributed by atoms with Gasteiger partial charge < -0.3 is 64.4 Å². The van der Waals surface area contributed by atoms with Gasteiger partial charge in [-0.05, 0) is 114 Å². The molecule has 1 aliphatic rings. The van der Waals surface area contributed by atoms with Gasteiger partial charge in [-0.15, -0.1) is 0 Å². The van der Waals surface area contributed by atoms with Crippen LogP contribution in [0.2, 0.25) is 0 Å². The molecule has 29 heteroatoms. The second-order valence-corrected chi connectivity index (χ2v) is 22.1. The summed E-state index contributed by atoms with van der Waals surface area (Å²) in [5.74, 6) is -6.66. The Labute approximate surface area is 507 Å². The first kappa shape index (κ1) is 69.8. The van der Waals surface area contributed by atoms with Gasteiger partial charge in [-0.1, -0.05) is 49.0 Å². The largest absolute Gasteiger partial charge is 0.481 e. The number of carboxylic acids is 3. The lowest BCUT2D eigenvalue weighted by molar-refractivity contribution is -0.141. The number of carboxylic acid groups (broad SMARTS) is 3. The second-order valence-electron chi connectivity index (χ2n) is 20.8. The van der Waals surface area contributed by atoms with Crippen molar-refractivity contribution in [3.8, 4) is 0 Å². The van der Waals surface area contributed by atoms with Crippen LogP contribution < -0.4 is 44.2 Å². The molecule has 3 atom stereocenters.